The molecule has 0 spiro atoms. The summed E-state index contributed by atoms with van der Waals surface area (Å²) in [4.78, 5) is 24.9. The van der Waals surface area contributed by atoms with Crippen LogP contribution in [0.1, 0.15) is 38.3 Å². The van der Waals surface area contributed by atoms with Gasteiger partial charge in [0.2, 0.25) is 0 Å². The Labute approximate surface area is 149 Å². The van der Waals surface area contributed by atoms with E-state index in [1.54, 1.807) is 20.8 Å². The molecule has 5 nitrogen and oxygen atoms in total. The highest BCUT2D eigenvalue weighted by Crippen LogP contribution is 2.31. The van der Waals surface area contributed by atoms with E-state index in [-0.39, 0.29) is 18.9 Å². The number of aliphatic carboxylic acids is 1. The Kier molecular flexibility index (Phi) is 5.53. The smallest absolute Gasteiger partial charge is 0.416 e. The highest BCUT2D eigenvalue weighted by Gasteiger charge is 2.41. The lowest BCUT2D eigenvalue weighted by molar-refractivity contribution is -0.142. The predicted octanol–water partition coefficient (Wildman–Crippen LogP) is 3.96. The maximum absolute atomic E-state index is 12.6. The number of hydrogen-bond acceptors (Lipinski definition) is 3. The molecule has 0 saturated carbocycles. The van der Waals surface area contributed by atoms with Gasteiger partial charge < -0.3 is 9.84 Å². The lowest BCUT2D eigenvalue weighted by Crippen LogP contribution is -2.43. The maximum atomic E-state index is 12.6. The first-order valence-electron chi connectivity index (χ1n) is 8.25. The van der Waals surface area contributed by atoms with Crippen molar-refractivity contribution >= 4 is 12.1 Å². The molecular formula is C18H22F3NO4. The van der Waals surface area contributed by atoms with E-state index in [1.807, 2.05) is 0 Å². The van der Waals surface area contributed by atoms with Crippen LogP contribution in [0.4, 0.5) is 18.0 Å². The molecule has 1 aromatic rings. The summed E-state index contributed by atoms with van der Waals surface area (Å²) in [6, 6.07) is 3.78. The number of hydrogen-bond donors (Lipinski definition) is 1. The van der Waals surface area contributed by atoms with Crippen LogP contribution in [0.2, 0.25) is 0 Å². The molecule has 1 heterocycles. The zero-order valence-corrected chi connectivity index (χ0v) is 14.8. The molecule has 2 rings (SSSR count). The predicted molar refractivity (Wildman–Crippen MR) is 87.6 cm³/mol. The molecule has 1 amide bonds. The molecule has 144 valence electrons. The monoisotopic (exact) mass is 373 g/mol. The zero-order chi connectivity index (χ0) is 19.7. The van der Waals surface area contributed by atoms with Gasteiger partial charge in [-0.1, -0.05) is 12.1 Å². The van der Waals surface area contributed by atoms with Crippen LogP contribution in [0.5, 0.6) is 0 Å². The van der Waals surface area contributed by atoms with Crippen molar-refractivity contribution in [3.8, 4) is 0 Å². The summed E-state index contributed by atoms with van der Waals surface area (Å²) in [5.74, 6) is -1.29. The van der Waals surface area contributed by atoms with Gasteiger partial charge in [0, 0.05) is 6.54 Å². The standard InChI is InChI=1S/C18H22F3NO4/c1-17(2,3)26-16(25)22-10-12(9-14(22)15(23)24)8-11-4-6-13(7-5-11)18(19,20)21/h4-7,12,14H,8-10H2,1-3H3,(H,23,24)/t12?,14-/m1/s1. The summed E-state index contributed by atoms with van der Waals surface area (Å²) in [5, 5.41) is 9.37. The molecule has 0 radical (unpaired) electrons. The molecule has 0 aliphatic carbocycles. The number of benzene rings is 1. The second kappa shape index (κ2) is 7.17. The first kappa shape index (κ1) is 20.1. The van der Waals surface area contributed by atoms with E-state index in [4.69, 9.17) is 4.74 Å². The normalized spacial score (nSPS) is 20.9. The lowest BCUT2D eigenvalue weighted by Gasteiger charge is -2.26. The van der Waals surface area contributed by atoms with Crippen molar-refractivity contribution in [3.05, 3.63) is 35.4 Å². The van der Waals surface area contributed by atoms with Gasteiger partial charge in [-0.15, -0.1) is 0 Å². The van der Waals surface area contributed by atoms with Crippen molar-refractivity contribution in [2.45, 2.75) is 51.4 Å². The Bertz CT molecular complexity index is 664. The molecule has 1 saturated heterocycles. The maximum Gasteiger partial charge on any atom is 0.416 e. The number of carbonyl (C=O) groups is 2. The molecule has 1 aliphatic rings. The van der Waals surface area contributed by atoms with Crippen molar-refractivity contribution in [1.82, 2.24) is 4.90 Å². The molecular weight excluding hydrogens is 351 g/mol. The van der Waals surface area contributed by atoms with Crippen molar-refractivity contribution < 1.29 is 32.6 Å². The minimum atomic E-state index is -4.40. The third-order valence-electron chi connectivity index (χ3n) is 4.11. The number of halogens is 3. The fraction of sp³-hybridized carbons (Fsp3) is 0.556. The number of carboxylic acid groups (broad SMARTS) is 1. The van der Waals surface area contributed by atoms with E-state index in [0.29, 0.717) is 12.0 Å². The van der Waals surface area contributed by atoms with E-state index in [9.17, 15) is 27.9 Å². The average Bonchev–Trinajstić information content (AvgIpc) is 2.89. The van der Waals surface area contributed by atoms with Crippen molar-refractivity contribution in [2.75, 3.05) is 6.54 Å². The quantitative estimate of drug-likeness (QED) is 0.871. The minimum absolute atomic E-state index is 0.166. The molecule has 1 unspecified atom stereocenters. The molecule has 26 heavy (non-hydrogen) atoms. The second-order valence-electron chi connectivity index (χ2n) is 7.49. The van der Waals surface area contributed by atoms with Gasteiger partial charge in [0.15, 0.2) is 0 Å². The molecule has 1 N–H and O–H groups in total. The summed E-state index contributed by atoms with van der Waals surface area (Å²) in [5.41, 5.74) is -0.810. The van der Waals surface area contributed by atoms with Crippen LogP contribution in [0.15, 0.2) is 24.3 Å². The highest BCUT2D eigenvalue weighted by molar-refractivity contribution is 5.81. The van der Waals surface area contributed by atoms with E-state index in [0.717, 1.165) is 12.1 Å². The number of carboxylic acids is 1. The Hall–Kier alpha value is -2.25. The van der Waals surface area contributed by atoms with E-state index in [1.165, 1.54) is 17.0 Å². The summed E-state index contributed by atoms with van der Waals surface area (Å²) in [6.07, 6.45) is -4.47. The largest absolute Gasteiger partial charge is 0.480 e. The molecule has 8 heteroatoms. The minimum Gasteiger partial charge on any atom is -0.480 e. The third-order valence-corrected chi connectivity index (χ3v) is 4.11. The second-order valence-corrected chi connectivity index (χ2v) is 7.49. The Morgan fingerprint density at radius 3 is 2.23 bits per heavy atom. The van der Waals surface area contributed by atoms with Crippen LogP contribution < -0.4 is 0 Å². The van der Waals surface area contributed by atoms with E-state index >= 15 is 0 Å². The van der Waals surface area contributed by atoms with Crippen LogP contribution in [-0.2, 0) is 22.1 Å². The van der Waals surface area contributed by atoms with Crippen molar-refractivity contribution in [1.29, 1.82) is 0 Å². The zero-order valence-electron chi connectivity index (χ0n) is 14.8. The van der Waals surface area contributed by atoms with Crippen molar-refractivity contribution in [2.24, 2.45) is 5.92 Å². The van der Waals surface area contributed by atoms with Gasteiger partial charge in [0.05, 0.1) is 5.56 Å². The summed E-state index contributed by atoms with van der Waals surface area (Å²) >= 11 is 0. The number of amides is 1. The van der Waals surface area contributed by atoms with Gasteiger partial charge in [-0.05, 0) is 57.2 Å². The first-order valence-corrected chi connectivity index (χ1v) is 8.25. The van der Waals surface area contributed by atoms with Gasteiger partial charge in [-0.3, -0.25) is 4.90 Å². The SMILES string of the molecule is CC(C)(C)OC(=O)N1CC(Cc2ccc(C(F)(F)F)cc2)C[C@@H]1C(=O)O. The summed E-state index contributed by atoms with van der Waals surface area (Å²) < 4.78 is 43.1. The summed E-state index contributed by atoms with van der Waals surface area (Å²) in [6.45, 7) is 5.26. The number of ether oxygens (including phenoxy) is 1. The fourth-order valence-electron chi connectivity index (χ4n) is 2.99. The molecule has 0 aromatic heterocycles. The number of carbonyl (C=O) groups excluding carboxylic acids is 1. The molecule has 2 atom stereocenters. The van der Waals surface area contributed by atoms with Gasteiger partial charge in [-0.2, -0.15) is 13.2 Å². The topological polar surface area (TPSA) is 66.8 Å². The fourth-order valence-corrected chi connectivity index (χ4v) is 2.99. The number of rotatable bonds is 3. The van der Waals surface area contributed by atoms with Gasteiger partial charge in [0.1, 0.15) is 11.6 Å². The summed E-state index contributed by atoms with van der Waals surface area (Å²) in [7, 11) is 0. The molecule has 0 bridgehead atoms. The van der Waals surface area contributed by atoms with Crippen molar-refractivity contribution in [3.63, 3.8) is 0 Å². The van der Waals surface area contributed by atoms with Crippen LogP contribution in [0.25, 0.3) is 0 Å². The highest BCUT2D eigenvalue weighted by atomic mass is 19.4. The van der Waals surface area contributed by atoms with Crippen LogP contribution in [0, 0.1) is 5.92 Å². The van der Waals surface area contributed by atoms with Crippen LogP contribution in [0.3, 0.4) is 0 Å². The number of alkyl halides is 3. The number of nitrogens with zero attached hydrogens (tertiary/aromatic N) is 1. The van der Waals surface area contributed by atoms with E-state index < -0.39 is 35.4 Å². The Morgan fingerprint density at radius 2 is 1.77 bits per heavy atom. The van der Waals surface area contributed by atoms with Crippen LogP contribution in [-0.4, -0.2) is 40.3 Å². The Balaban J connectivity index is 2.07. The van der Waals surface area contributed by atoms with E-state index in [2.05, 4.69) is 0 Å². The molecule has 1 aliphatic heterocycles. The first-order chi connectivity index (χ1) is 11.9. The third kappa shape index (κ3) is 5.12. The van der Waals surface area contributed by atoms with Gasteiger partial charge in [0.25, 0.3) is 0 Å². The average molecular weight is 373 g/mol. The molecule has 1 aromatic carbocycles. The van der Waals surface area contributed by atoms with Crippen LogP contribution >= 0.6 is 0 Å². The van der Waals surface area contributed by atoms with Gasteiger partial charge >= 0.3 is 18.2 Å². The molecule has 1 fully saturated rings. The lowest BCUT2D eigenvalue weighted by atomic mass is 9.96. The van der Waals surface area contributed by atoms with Gasteiger partial charge in [-0.25, -0.2) is 9.59 Å². The number of likely N-dealkylation sites (tertiary alicyclic amines) is 1. The Morgan fingerprint density at radius 1 is 1.19 bits per heavy atom.